The number of rotatable bonds is 7. The molecular weight excluding hydrogens is 470 g/mol. The molecule has 2 aromatic carbocycles. The minimum Gasteiger partial charge on any atom is -0.496 e. The maximum Gasteiger partial charge on any atom is 0.264 e. The number of nitrogens with zero attached hydrogens (tertiary/aromatic N) is 3. The maximum atomic E-state index is 13.4. The van der Waals surface area contributed by atoms with E-state index < -0.39 is 21.8 Å². The van der Waals surface area contributed by atoms with E-state index in [2.05, 4.69) is 15.7 Å². The number of aryl methyl sites for hydroxylation is 2. The Morgan fingerprint density at radius 3 is 2.57 bits per heavy atom. The van der Waals surface area contributed by atoms with Crippen molar-refractivity contribution in [1.29, 1.82) is 0 Å². The number of aromatic nitrogens is 2. The van der Waals surface area contributed by atoms with E-state index in [1.165, 1.54) is 29.6 Å². The third kappa shape index (κ3) is 4.59. The third-order valence-corrected chi connectivity index (χ3v) is 7.84. The van der Waals surface area contributed by atoms with Crippen LogP contribution in [-0.4, -0.2) is 50.2 Å². The van der Waals surface area contributed by atoms with Crippen molar-refractivity contribution in [2.75, 3.05) is 29.8 Å². The summed E-state index contributed by atoms with van der Waals surface area (Å²) in [5.41, 5.74) is 3.63. The van der Waals surface area contributed by atoms with Crippen LogP contribution in [-0.2, 0) is 28.3 Å². The van der Waals surface area contributed by atoms with E-state index in [0.29, 0.717) is 30.0 Å². The van der Waals surface area contributed by atoms with Gasteiger partial charge in [0.1, 0.15) is 5.75 Å². The van der Waals surface area contributed by atoms with Crippen LogP contribution < -0.4 is 19.7 Å². The van der Waals surface area contributed by atoms with E-state index in [1.54, 1.807) is 30.8 Å². The first-order chi connectivity index (χ1) is 16.6. The summed E-state index contributed by atoms with van der Waals surface area (Å²) in [7, 11) is -0.745. The first-order valence-corrected chi connectivity index (χ1v) is 12.4. The fraction of sp³-hybridized carbons (Fsp3) is 0.292. The molecule has 3 aromatic rings. The average Bonchev–Trinajstić information content (AvgIpc) is 3.39. The molecule has 35 heavy (non-hydrogen) atoms. The molecule has 1 aliphatic heterocycles. The quantitative estimate of drug-likeness (QED) is 0.516. The zero-order chi connectivity index (χ0) is 25.3. The molecule has 184 valence electrons. The predicted octanol–water partition coefficient (Wildman–Crippen LogP) is 2.17. The van der Waals surface area contributed by atoms with Crippen molar-refractivity contribution in [3.63, 3.8) is 0 Å². The van der Waals surface area contributed by atoms with Crippen molar-refractivity contribution in [2.24, 2.45) is 7.05 Å². The SMILES string of the molecule is COc1ccc(S(=O)(=O)N2CCc3ccccc32)cc1C(=O)NCC(=O)Nc1c(C)nn(C)c1C. The molecule has 0 atom stereocenters. The fourth-order valence-corrected chi connectivity index (χ4v) is 5.63. The Labute approximate surface area is 203 Å². The predicted molar refractivity (Wildman–Crippen MR) is 131 cm³/mol. The summed E-state index contributed by atoms with van der Waals surface area (Å²) in [5.74, 6) is -0.868. The van der Waals surface area contributed by atoms with Gasteiger partial charge in [0.2, 0.25) is 5.91 Å². The number of methoxy groups -OCH3 is 1. The van der Waals surface area contributed by atoms with Crippen LogP contribution in [0.2, 0.25) is 0 Å². The molecule has 10 nitrogen and oxygen atoms in total. The van der Waals surface area contributed by atoms with Gasteiger partial charge in [0.25, 0.3) is 15.9 Å². The van der Waals surface area contributed by atoms with Gasteiger partial charge in [-0.15, -0.1) is 0 Å². The molecule has 0 fully saturated rings. The van der Waals surface area contributed by atoms with Gasteiger partial charge in [0, 0.05) is 13.6 Å². The highest BCUT2D eigenvalue weighted by molar-refractivity contribution is 7.92. The third-order valence-electron chi connectivity index (χ3n) is 6.03. The molecule has 0 aliphatic carbocycles. The van der Waals surface area contributed by atoms with Crippen LogP contribution in [0.1, 0.15) is 27.3 Å². The van der Waals surface area contributed by atoms with Crippen LogP contribution in [0, 0.1) is 13.8 Å². The standard InChI is InChI=1S/C24H27N5O5S/c1-15-23(16(2)28(3)27-15)26-22(30)14-25-24(31)19-13-18(9-10-21(19)34-4)35(32,33)29-12-11-17-7-5-6-8-20(17)29/h5-10,13H,11-12,14H2,1-4H3,(H,25,31)(H,26,30). The number of nitrogens with one attached hydrogen (secondary N) is 2. The highest BCUT2D eigenvalue weighted by Crippen LogP contribution is 2.34. The Hall–Kier alpha value is -3.86. The second-order valence-corrected chi connectivity index (χ2v) is 10.1. The lowest BCUT2D eigenvalue weighted by atomic mass is 10.2. The highest BCUT2D eigenvalue weighted by atomic mass is 32.2. The number of benzene rings is 2. The molecule has 0 spiro atoms. The highest BCUT2D eigenvalue weighted by Gasteiger charge is 2.31. The van der Waals surface area contributed by atoms with Gasteiger partial charge < -0.3 is 15.4 Å². The van der Waals surface area contributed by atoms with Gasteiger partial charge in [-0.05, 0) is 50.1 Å². The zero-order valence-electron chi connectivity index (χ0n) is 20.0. The molecule has 1 aliphatic rings. The van der Waals surface area contributed by atoms with Crippen molar-refractivity contribution in [2.45, 2.75) is 25.2 Å². The molecule has 2 heterocycles. The molecule has 0 radical (unpaired) electrons. The first-order valence-electron chi connectivity index (χ1n) is 11.0. The number of hydrogen-bond acceptors (Lipinski definition) is 6. The zero-order valence-corrected chi connectivity index (χ0v) is 20.8. The average molecular weight is 498 g/mol. The van der Waals surface area contributed by atoms with Gasteiger partial charge in [-0.25, -0.2) is 8.42 Å². The summed E-state index contributed by atoms with van der Waals surface area (Å²) in [5, 5.41) is 9.53. The molecule has 1 aromatic heterocycles. The first kappa shape index (κ1) is 24.3. The fourth-order valence-electron chi connectivity index (χ4n) is 4.10. The van der Waals surface area contributed by atoms with Crippen molar-refractivity contribution >= 4 is 33.2 Å². The minimum atomic E-state index is -3.90. The van der Waals surface area contributed by atoms with Gasteiger partial charge in [0.15, 0.2) is 0 Å². The van der Waals surface area contributed by atoms with Crippen LogP contribution in [0.3, 0.4) is 0 Å². The number of amides is 2. The van der Waals surface area contributed by atoms with E-state index >= 15 is 0 Å². The number of hydrogen-bond donors (Lipinski definition) is 2. The lowest BCUT2D eigenvalue weighted by Gasteiger charge is -2.20. The molecule has 0 saturated carbocycles. The molecule has 0 bridgehead atoms. The second-order valence-electron chi connectivity index (χ2n) is 8.22. The van der Waals surface area contributed by atoms with E-state index in [1.807, 2.05) is 19.1 Å². The topological polar surface area (TPSA) is 123 Å². The summed E-state index contributed by atoms with van der Waals surface area (Å²) >= 11 is 0. The van der Waals surface area contributed by atoms with Crippen molar-refractivity contribution < 1.29 is 22.7 Å². The summed E-state index contributed by atoms with van der Waals surface area (Å²) in [4.78, 5) is 25.3. The normalized spacial score (nSPS) is 12.9. The minimum absolute atomic E-state index is 0.0163. The lowest BCUT2D eigenvalue weighted by Crippen LogP contribution is -2.33. The van der Waals surface area contributed by atoms with E-state index in [0.717, 1.165) is 11.3 Å². The van der Waals surface area contributed by atoms with Crippen LogP contribution in [0.15, 0.2) is 47.4 Å². The Balaban J connectivity index is 1.53. The summed E-state index contributed by atoms with van der Waals surface area (Å²) in [6.07, 6.45) is 0.615. The number of anilines is 2. The van der Waals surface area contributed by atoms with Gasteiger partial charge in [-0.1, -0.05) is 18.2 Å². The number of para-hydroxylation sites is 1. The number of carbonyl (C=O) groups is 2. The molecular formula is C24H27N5O5S. The van der Waals surface area contributed by atoms with E-state index in [-0.39, 0.29) is 22.8 Å². The van der Waals surface area contributed by atoms with Crippen LogP contribution in [0.5, 0.6) is 5.75 Å². The largest absolute Gasteiger partial charge is 0.496 e. The van der Waals surface area contributed by atoms with Gasteiger partial charge >= 0.3 is 0 Å². The van der Waals surface area contributed by atoms with Gasteiger partial charge in [-0.2, -0.15) is 5.10 Å². The Bertz CT molecular complexity index is 1410. The van der Waals surface area contributed by atoms with E-state index in [4.69, 9.17) is 4.74 Å². The lowest BCUT2D eigenvalue weighted by molar-refractivity contribution is -0.115. The number of carbonyl (C=O) groups excluding carboxylic acids is 2. The number of fused-ring (bicyclic) bond motifs is 1. The van der Waals surface area contributed by atoms with Crippen LogP contribution in [0.4, 0.5) is 11.4 Å². The molecule has 11 heteroatoms. The molecule has 2 amide bonds. The number of sulfonamides is 1. The summed E-state index contributed by atoms with van der Waals surface area (Å²) in [6, 6.07) is 11.5. The van der Waals surface area contributed by atoms with Crippen molar-refractivity contribution in [1.82, 2.24) is 15.1 Å². The Morgan fingerprint density at radius 2 is 1.89 bits per heavy atom. The number of ether oxygens (including phenoxy) is 1. The van der Waals surface area contributed by atoms with Crippen LogP contribution >= 0.6 is 0 Å². The molecule has 0 saturated heterocycles. The Kier molecular flexibility index (Phi) is 6.53. The van der Waals surface area contributed by atoms with Crippen LogP contribution in [0.25, 0.3) is 0 Å². The maximum absolute atomic E-state index is 13.4. The smallest absolute Gasteiger partial charge is 0.264 e. The summed E-state index contributed by atoms with van der Waals surface area (Å²) < 4.78 is 35.0. The molecule has 0 unspecified atom stereocenters. The van der Waals surface area contributed by atoms with Gasteiger partial charge in [0.05, 0.1) is 46.9 Å². The van der Waals surface area contributed by atoms with Gasteiger partial charge in [-0.3, -0.25) is 18.6 Å². The summed E-state index contributed by atoms with van der Waals surface area (Å²) in [6.45, 7) is 3.61. The molecule has 2 N–H and O–H groups in total. The Morgan fingerprint density at radius 1 is 1.14 bits per heavy atom. The van der Waals surface area contributed by atoms with Crippen molar-refractivity contribution in [3.8, 4) is 5.75 Å². The van der Waals surface area contributed by atoms with E-state index in [9.17, 15) is 18.0 Å². The van der Waals surface area contributed by atoms with Crippen molar-refractivity contribution in [3.05, 3.63) is 65.0 Å². The second kappa shape index (κ2) is 9.41. The molecule has 4 rings (SSSR count). The monoisotopic (exact) mass is 497 g/mol.